The zero-order valence-electron chi connectivity index (χ0n) is 8.70. The van der Waals surface area contributed by atoms with E-state index in [4.69, 9.17) is 0 Å². The van der Waals surface area contributed by atoms with Crippen LogP contribution in [-0.4, -0.2) is 25.2 Å². The highest BCUT2D eigenvalue weighted by molar-refractivity contribution is 7.92. The van der Waals surface area contributed by atoms with Gasteiger partial charge in [-0.1, -0.05) is 20.8 Å². The lowest BCUT2D eigenvalue weighted by Gasteiger charge is -2.15. The van der Waals surface area contributed by atoms with Gasteiger partial charge in [-0.25, -0.2) is 8.42 Å². The Labute approximate surface area is 80.4 Å². The van der Waals surface area contributed by atoms with Crippen LogP contribution in [0, 0.1) is 5.92 Å². The molecule has 0 aliphatic carbocycles. The van der Waals surface area contributed by atoms with E-state index in [-0.39, 0.29) is 17.5 Å². The van der Waals surface area contributed by atoms with Crippen molar-refractivity contribution in [3.8, 4) is 0 Å². The number of carbonyl (C=O) groups excluding carboxylic acids is 1. The lowest BCUT2D eigenvalue weighted by atomic mass is 10.2. The van der Waals surface area contributed by atoms with Crippen molar-refractivity contribution in [1.29, 1.82) is 0 Å². The summed E-state index contributed by atoms with van der Waals surface area (Å²) in [6, 6.07) is 0. The van der Waals surface area contributed by atoms with Crippen LogP contribution in [0.4, 0.5) is 0 Å². The second-order valence-corrected chi connectivity index (χ2v) is 6.01. The zero-order chi connectivity index (χ0) is 10.6. The number of hydrogen-bond donors (Lipinski definition) is 0. The fraction of sp³-hybridized carbons (Fsp3) is 0.889. The Bertz CT molecular complexity index is 265. The number of carbonyl (C=O) groups is 1. The summed E-state index contributed by atoms with van der Waals surface area (Å²) in [5.41, 5.74) is 0. The van der Waals surface area contributed by atoms with Crippen molar-refractivity contribution in [1.82, 2.24) is 0 Å². The third-order valence-electron chi connectivity index (χ3n) is 2.26. The SMILES string of the molecule is CCC(=O)CS(=O)(=O)C(C)C(C)C. The average Bonchev–Trinajstić information content (AvgIpc) is 2.01. The summed E-state index contributed by atoms with van der Waals surface area (Å²) in [6.07, 6.45) is 0.296. The lowest BCUT2D eigenvalue weighted by molar-refractivity contribution is -0.116. The van der Waals surface area contributed by atoms with Crippen LogP contribution >= 0.6 is 0 Å². The molecule has 0 bridgehead atoms. The molecule has 4 heteroatoms. The fourth-order valence-corrected chi connectivity index (χ4v) is 2.62. The van der Waals surface area contributed by atoms with Crippen molar-refractivity contribution in [2.24, 2.45) is 5.92 Å². The summed E-state index contributed by atoms with van der Waals surface area (Å²) in [6.45, 7) is 7.03. The first-order chi connectivity index (χ1) is 5.81. The molecule has 0 aromatic rings. The van der Waals surface area contributed by atoms with Crippen LogP contribution in [0.5, 0.6) is 0 Å². The van der Waals surface area contributed by atoms with E-state index in [1.54, 1.807) is 13.8 Å². The summed E-state index contributed by atoms with van der Waals surface area (Å²) >= 11 is 0. The molecule has 0 heterocycles. The van der Waals surface area contributed by atoms with E-state index in [1.807, 2.05) is 13.8 Å². The monoisotopic (exact) mass is 206 g/mol. The van der Waals surface area contributed by atoms with Gasteiger partial charge in [-0.05, 0) is 12.8 Å². The normalized spacial score (nSPS) is 14.5. The third kappa shape index (κ3) is 3.89. The van der Waals surface area contributed by atoms with Gasteiger partial charge in [-0.3, -0.25) is 4.79 Å². The van der Waals surface area contributed by atoms with Crippen LogP contribution in [0.25, 0.3) is 0 Å². The molecule has 0 saturated carbocycles. The minimum atomic E-state index is -3.22. The molecule has 0 amide bonds. The summed E-state index contributed by atoms with van der Waals surface area (Å²) < 4.78 is 23.0. The Morgan fingerprint density at radius 1 is 1.23 bits per heavy atom. The van der Waals surface area contributed by atoms with Gasteiger partial charge in [0.1, 0.15) is 11.5 Å². The van der Waals surface area contributed by atoms with Crippen molar-refractivity contribution in [2.45, 2.75) is 39.4 Å². The van der Waals surface area contributed by atoms with E-state index >= 15 is 0 Å². The van der Waals surface area contributed by atoms with Gasteiger partial charge in [0.05, 0.1) is 5.25 Å². The van der Waals surface area contributed by atoms with E-state index in [1.165, 1.54) is 0 Å². The predicted octanol–water partition coefficient (Wildman–Crippen LogP) is 1.42. The first-order valence-corrected chi connectivity index (χ1v) is 6.26. The molecule has 0 radical (unpaired) electrons. The van der Waals surface area contributed by atoms with Crippen LogP contribution in [0.1, 0.15) is 34.1 Å². The van der Waals surface area contributed by atoms with E-state index in [0.29, 0.717) is 6.42 Å². The van der Waals surface area contributed by atoms with Crippen molar-refractivity contribution >= 4 is 15.6 Å². The average molecular weight is 206 g/mol. The highest BCUT2D eigenvalue weighted by Gasteiger charge is 2.25. The number of Topliss-reactive ketones (excluding diaryl/α,β-unsaturated/α-hetero) is 1. The summed E-state index contributed by atoms with van der Waals surface area (Å²) in [7, 11) is -3.22. The highest BCUT2D eigenvalue weighted by Crippen LogP contribution is 2.12. The van der Waals surface area contributed by atoms with E-state index in [0.717, 1.165) is 0 Å². The highest BCUT2D eigenvalue weighted by atomic mass is 32.2. The van der Waals surface area contributed by atoms with Crippen LogP contribution in [0.15, 0.2) is 0 Å². The smallest absolute Gasteiger partial charge is 0.160 e. The van der Waals surface area contributed by atoms with Gasteiger partial charge in [0, 0.05) is 6.42 Å². The maximum absolute atomic E-state index is 11.5. The second kappa shape index (κ2) is 4.74. The van der Waals surface area contributed by atoms with E-state index in [9.17, 15) is 13.2 Å². The fourth-order valence-electron chi connectivity index (χ4n) is 0.873. The van der Waals surface area contributed by atoms with Crippen molar-refractivity contribution in [3.05, 3.63) is 0 Å². The Morgan fingerprint density at radius 3 is 2.00 bits per heavy atom. The summed E-state index contributed by atoms with van der Waals surface area (Å²) in [5.74, 6) is -0.440. The maximum atomic E-state index is 11.5. The van der Waals surface area contributed by atoms with Crippen LogP contribution in [-0.2, 0) is 14.6 Å². The largest absolute Gasteiger partial charge is 0.299 e. The van der Waals surface area contributed by atoms with E-state index in [2.05, 4.69) is 0 Å². The molecule has 13 heavy (non-hydrogen) atoms. The first-order valence-electron chi connectivity index (χ1n) is 4.54. The molecule has 0 fully saturated rings. The molecule has 0 aromatic carbocycles. The molecule has 0 rings (SSSR count). The van der Waals surface area contributed by atoms with Crippen molar-refractivity contribution in [3.63, 3.8) is 0 Å². The molecule has 1 unspecified atom stereocenters. The minimum absolute atomic E-state index is 0.0645. The standard InChI is InChI=1S/C9H18O3S/c1-5-9(10)6-13(11,12)8(4)7(2)3/h7-8H,5-6H2,1-4H3. The summed E-state index contributed by atoms with van der Waals surface area (Å²) in [5, 5.41) is -0.428. The van der Waals surface area contributed by atoms with Gasteiger partial charge in [-0.15, -0.1) is 0 Å². The number of rotatable bonds is 5. The van der Waals surface area contributed by atoms with Gasteiger partial charge < -0.3 is 0 Å². The Kier molecular flexibility index (Phi) is 4.61. The van der Waals surface area contributed by atoms with Gasteiger partial charge in [0.2, 0.25) is 0 Å². The molecular weight excluding hydrogens is 188 g/mol. The molecule has 0 aliphatic rings. The second-order valence-electron chi connectivity index (χ2n) is 3.65. The molecular formula is C9H18O3S. The van der Waals surface area contributed by atoms with Gasteiger partial charge in [0.15, 0.2) is 9.84 Å². The van der Waals surface area contributed by atoms with Crippen LogP contribution < -0.4 is 0 Å². The van der Waals surface area contributed by atoms with Crippen molar-refractivity contribution in [2.75, 3.05) is 5.75 Å². The van der Waals surface area contributed by atoms with E-state index < -0.39 is 15.1 Å². The van der Waals surface area contributed by atoms with Gasteiger partial charge in [0.25, 0.3) is 0 Å². The molecule has 78 valence electrons. The number of ketones is 1. The molecule has 1 atom stereocenters. The van der Waals surface area contributed by atoms with Crippen LogP contribution in [0.3, 0.4) is 0 Å². The van der Waals surface area contributed by atoms with Gasteiger partial charge in [-0.2, -0.15) is 0 Å². The maximum Gasteiger partial charge on any atom is 0.160 e. The van der Waals surface area contributed by atoms with Crippen LogP contribution in [0.2, 0.25) is 0 Å². The predicted molar refractivity (Wildman–Crippen MR) is 53.4 cm³/mol. The van der Waals surface area contributed by atoms with Gasteiger partial charge >= 0.3 is 0 Å². The number of hydrogen-bond acceptors (Lipinski definition) is 3. The number of sulfone groups is 1. The summed E-state index contributed by atoms with van der Waals surface area (Å²) in [4.78, 5) is 11.0. The zero-order valence-corrected chi connectivity index (χ0v) is 9.52. The quantitative estimate of drug-likeness (QED) is 0.683. The third-order valence-corrected chi connectivity index (χ3v) is 4.66. The Balaban J connectivity index is 4.50. The minimum Gasteiger partial charge on any atom is -0.299 e. The van der Waals surface area contributed by atoms with Crippen molar-refractivity contribution < 1.29 is 13.2 Å². The Morgan fingerprint density at radius 2 is 1.69 bits per heavy atom. The molecule has 0 aliphatic heterocycles. The Hall–Kier alpha value is -0.380. The lowest BCUT2D eigenvalue weighted by Crippen LogP contribution is -2.29. The molecule has 0 spiro atoms. The first kappa shape index (κ1) is 12.6. The molecule has 3 nitrogen and oxygen atoms in total. The molecule has 0 saturated heterocycles. The molecule has 0 N–H and O–H groups in total. The molecule has 0 aromatic heterocycles. The topological polar surface area (TPSA) is 51.2 Å².